The minimum atomic E-state index is -1.16. The third-order valence-electron chi connectivity index (χ3n) is 5.96. The predicted molar refractivity (Wildman–Crippen MR) is 137 cm³/mol. The summed E-state index contributed by atoms with van der Waals surface area (Å²) in [5.41, 5.74) is 4.64. The molecule has 0 heterocycles. The smallest absolute Gasteiger partial charge is 0.251 e. The summed E-state index contributed by atoms with van der Waals surface area (Å²) in [6.45, 7) is 2.89. The Hall–Kier alpha value is -3.72. The molecular weight excluding hydrogens is 438 g/mol. The van der Waals surface area contributed by atoms with Crippen molar-refractivity contribution in [3.8, 4) is 11.8 Å². The molecule has 3 N–H and O–H groups in total. The summed E-state index contributed by atoms with van der Waals surface area (Å²) in [7, 11) is 0. The normalized spacial score (nSPS) is 13.1. The van der Waals surface area contributed by atoms with Gasteiger partial charge in [0.15, 0.2) is 5.78 Å². The summed E-state index contributed by atoms with van der Waals surface area (Å²) in [4.78, 5) is 24.1. The molecule has 3 atom stereocenters. The third kappa shape index (κ3) is 7.65. The Morgan fingerprint density at radius 3 is 1.97 bits per heavy atom. The van der Waals surface area contributed by atoms with Crippen LogP contribution in [0.2, 0.25) is 0 Å². The van der Waals surface area contributed by atoms with Crippen LogP contribution >= 0.6 is 0 Å². The number of aryl methyl sites for hydroxylation is 1. The third-order valence-corrected chi connectivity index (χ3v) is 5.96. The summed E-state index contributed by atoms with van der Waals surface area (Å²) in [6.07, 6.45) is 0.983. The first-order valence-electron chi connectivity index (χ1n) is 11.8. The van der Waals surface area contributed by atoms with Crippen LogP contribution in [0.15, 0.2) is 78.9 Å². The Labute approximate surface area is 206 Å². The van der Waals surface area contributed by atoms with E-state index in [4.69, 9.17) is 5.11 Å². The monoisotopic (exact) mass is 469 g/mol. The lowest BCUT2D eigenvalue weighted by atomic mass is 9.94. The van der Waals surface area contributed by atoms with Crippen LogP contribution < -0.4 is 5.32 Å². The zero-order chi connectivity index (χ0) is 25.2. The lowest BCUT2D eigenvalue weighted by molar-refractivity contribution is -0.125. The van der Waals surface area contributed by atoms with Crippen LogP contribution in [0.1, 0.15) is 58.8 Å². The summed E-state index contributed by atoms with van der Waals surface area (Å²) in [5, 5.41) is 21.1. The van der Waals surface area contributed by atoms with E-state index in [1.54, 1.807) is 24.3 Å². The second-order valence-corrected chi connectivity index (χ2v) is 8.69. The number of benzene rings is 3. The van der Waals surface area contributed by atoms with Gasteiger partial charge in [0.1, 0.15) is 12.6 Å². The molecule has 0 aliphatic carbocycles. The van der Waals surface area contributed by atoms with Gasteiger partial charge in [0.25, 0.3) is 5.91 Å². The van der Waals surface area contributed by atoms with E-state index in [1.165, 1.54) is 18.1 Å². The summed E-state index contributed by atoms with van der Waals surface area (Å²) in [5.74, 6) is 5.59. The number of Topliss-reactive ketones (excluding diaryl/α,β-unsaturated/α-hetero) is 1. The van der Waals surface area contributed by atoms with Gasteiger partial charge in [-0.15, -0.1) is 0 Å². The first kappa shape index (κ1) is 25.9. The molecule has 1 amide bonds. The molecule has 3 aromatic rings. The van der Waals surface area contributed by atoms with E-state index < -0.39 is 30.4 Å². The standard InChI is InChI=1S/C30H31NO4/c1-21(26-6-4-3-5-7-26)8-9-23-10-12-24(13-11-23)14-15-25-16-18-27(19-17-25)30(35)31-29(22(2)33)28(34)20-32/h3-7,10-13,16-19,21-22,29,32-33H,8-9,20H2,1-2H3,(H,31,35)/t21-,22-,29+/m1/s1. The van der Waals surface area contributed by atoms with Crippen molar-refractivity contribution >= 4 is 11.7 Å². The molecule has 5 nitrogen and oxygen atoms in total. The Morgan fingerprint density at radius 2 is 1.43 bits per heavy atom. The van der Waals surface area contributed by atoms with Crippen molar-refractivity contribution in [3.63, 3.8) is 0 Å². The molecule has 0 spiro atoms. The van der Waals surface area contributed by atoms with E-state index in [-0.39, 0.29) is 0 Å². The molecular formula is C30H31NO4. The van der Waals surface area contributed by atoms with Crippen LogP contribution in [0.3, 0.4) is 0 Å². The fourth-order valence-electron chi connectivity index (χ4n) is 3.73. The molecule has 35 heavy (non-hydrogen) atoms. The first-order chi connectivity index (χ1) is 16.9. The lowest BCUT2D eigenvalue weighted by Crippen LogP contribution is -2.48. The number of ketones is 1. The highest BCUT2D eigenvalue weighted by Crippen LogP contribution is 2.21. The molecule has 0 radical (unpaired) electrons. The summed E-state index contributed by atoms with van der Waals surface area (Å²) >= 11 is 0. The van der Waals surface area contributed by atoms with Crippen LogP contribution in [0.5, 0.6) is 0 Å². The van der Waals surface area contributed by atoms with E-state index in [1.807, 2.05) is 18.2 Å². The van der Waals surface area contributed by atoms with Crippen molar-refractivity contribution in [3.05, 3.63) is 107 Å². The van der Waals surface area contributed by atoms with Gasteiger partial charge in [-0.3, -0.25) is 9.59 Å². The maximum Gasteiger partial charge on any atom is 0.251 e. The van der Waals surface area contributed by atoms with Crippen molar-refractivity contribution < 1.29 is 19.8 Å². The molecule has 0 aliphatic rings. The van der Waals surface area contributed by atoms with Crippen molar-refractivity contribution in [1.29, 1.82) is 0 Å². The lowest BCUT2D eigenvalue weighted by Gasteiger charge is -2.19. The number of rotatable bonds is 9. The van der Waals surface area contributed by atoms with Crippen molar-refractivity contribution in [2.45, 2.75) is 44.8 Å². The molecule has 180 valence electrons. The quantitative estimate of drug-likeness (QED) is 0.416. The van der Waals surface area contributed by atoms with E-state index >= 15 is 0 Å². The van der Waals surface area contributed by atoms with Crippen molar-refractivity contribution in [2.75, 3.05) is 6.61 Å². The van der Waals surface area contributed by atoms with E-state index in [0.29, 0.717) is 11.5 Å². The second-order valence-electron chi connectivity index (χ2n) is 8.69. The van der Waals surface area contributed by atoms with Crippen LogP contribution in [0, 0.1) is 11.8 Å². The van der Waals surface area contributed by atoms with E-state index in [9.17, 15) is 14.7 Å². The fraction of sp³-hybridized carbons (Fsp3) is 0.267. The molecule has 0 unspecified atom stereocenters. The average molecular weight is 470 g/mol. The molecule has 0 aromatic heterocycles. The summed E-state index contributed by atoms with van der Waals surface area (Å²) in [6, 6.07) is 24.3. The van der Waals surface area contributed by atoms with Gasteiger partial charge in [-0.1, -0.05) is 61.2 Å². The molecule has 0 bridgehead atoms. The van der Waals surface area contributed by atoms with Gasteiger partial charge >= 0.3 is 0 Å². The predicted octanol–water partition coefficient (Wildman–Crippen LogP) is 3.86. The SMILES string of the molecule is C[C@H](CCc1ccc(C#Cc2ccc(C(=O)N[C@H](C(=O)CO)[C@@H](C)O)cc2)cc1)c1ccccc1. The highest BCUT2D eigenvalue weighted by molar-refractivity contribution is 5.98. The minimum Gasteiger partial charge on any atom is -0.391 e. The van der Waals surface area contributed by atoms with Gasteiger partial charge in [-0.05, 0) is 73.2 Å². The number of hydrogen-bond acceptors (Lipinski definition) is 4. The largest absolute Gasteiger partial charge is 0.391 e. The van der Waals surface area contributed by atoms with Gasteiger partial charge in [0.05, 0.1) is 6.10 Å². The minimum absolute atomic E-state index is 0.334. The number of hydrogen-bond donors (Lipinski definition) is 3. The van der Waals surface area contributed by atoms with Gasteiger partial charge in [-0.25, -0.2) is 0 Å². The van der Waals surface area contributed by atoms with Crippen LogP contribution in [0.4, 0.5) is 0 Å². The Kier molecular flexibility index (Phi) is 9.37. The number of aliphatic hydroxyl groups is 2. The molecule has 0 saturated carbocycles. The summed E-state index contributed by atoms with van der Waals surface area (Å²) < 4.78 is 0. The molecule has 0 saturated heterocycles. The molecule has 0 fully saturated rings. The topological polar surface area (TPSA) is 86.6 Å². The first-order valence-corrected chi connectivity index (χ1v) is 11.8. The Balaban J connectivity index is 1.56. The maximum absolute atomic E-state index is 12.4. The number of aliphatic hydroxyl groups excluding tert-OH is 2. The Bertz CT molecular complexity index is 1170. The van der Waals surface area contributed by atoms with Crippen LogP contribution in [-0.4, -0.2) is 40.7 Å². The van der Waals surface area contributed by atoms with Crippen LogP contribution in [0.25, 0.3) is 0 Å². The number of carbonyl (C=O) groups is 2. The van der Waals surface area contributed by atoms with Gasteiger partial charge in [0.2, 0.25) is 0 Å². The zero-order valence-electron chi connectivity index (χ0n) is 20.1. The highest BCUT2D eigenvalue weighted by atomic mass is 16.3. The van der Waals surface area contributed by atoms with E-state index in [2.05, 4.69) is 60.5 Å². The number of nitrogens with one attached hydrogen (secondary N) is 1. The van der Waals surface area contributed by atoms with Gasteiger partial charge in [-0.2, -0.15) is 0 Å². The van der Waals surface area contributed by atoms with Crippen molar-refractivity contribution in [2.24, 2.45) is 0 Å². The average Bonchev–Trinajstić information content (AvgIpc) is 2.89. The van der Waals surface area contributed by atoms with Gasteiger partial charge in [0, 0.05) is 16.7 Å². The highest BCUT2D eigenvalue weighted by Gasteiger charge is 2.25. The molecule has 5 heteroatoms. The van der Waals surface area contributed by atoms with Crippen molar-refractivity contribution in [1.82, 2.24) is 5.32 Å². The molecule has 3 rings (SSSR count). The maximum atomic E-state index is 12.4. The van der Waals surface area contributed by atoms with Gasteiger partial charge < -0.3 is 15.5 Å². The second kappa shape index (κ2) is 12.7. The zero-order valence-corrected chi connectivity index (χ0v) is 20.1. The number of amides is 1. The Morgan fingerprint density at radius 1 is 0.857 bits per heavy atom. The van der Waals surface area contributed by atoms with E-state index in [0.717, 1.165) is 24.0 Å². The molecule has 3 aromatic carbocycles. The van der Waals surface area contributed by atoms with Crippen LogP contribution in [-0.2, 0) is 11.2 Å². The number of carbonyl (C=O) groups excluding carboxylic acids is 2. The fourth-order valence-corrected chi connectivity index (χ4v) is 3.73. The molecule has 0 aliphatic heterocycles.